The Morgan fingerprint density at radius 1 is 0.955 bits per heavy atom. The molecule has 1 heterocycles. The molecule has 3 nitrogen and oxygen atoms in total. The Kier molecular flexibility index (Phi) is 6.71. The monoisotopic (exact) mass is 407 g/mol. The quantitative estimate of drug-likeness (QED) is 0.762. The molecule has 2 N–H and O–H groups in total. The van der Waals surface area contributed by atoms with Crippen LogP contribution >= 0.6 is 24.0 Å². The molecule has 0 radical (unpaired) electrons. The van der Waals surface area contributed by atoms with Crippen LogP contribution < -0.4 is 10.6 Å². The van der Waals surface area contributed by atoms with Crippen molar-refractivity contribution >= 4 is 29.9 Å². The van der Waals surface area contributed by atoms with E-state index >= 15 is 0 Å². The molecule has 1 aliphatic heterocycles. The third-order valence-electron chi connectivity index (χ3n) is 3.66. The summed E-state index contributed by atoms with van der Waals surface area (Å²) in [5.74, 6) is 0.946. The highest BCUT2D eigenvalue weighted by Crippen LogP contribution is 2.19. The second-order valence-electron chi connectivity index (χ2n) is 5.25. The number of aliphatic imine (C=N–C) groups is 1. The summed E-state index contributed by atoms with van der Waals surface area (Å²) in [5.41, 5.74) is 3.88. The summed E-state index contributed by atoms with van der Waals surface area (Å²) in [6.07, 6.45) is 2.14. The van der Waals surface area contributed by atoms with Crippen LogP contribution in [0.5, 0.6) is 0 Å². The summed E-state index contributed by atoms with van der Waals surface area (Å²) >= 11 is 0. The Hall–Kier alpha value is -1.56. The van der Waals surface area contributed by atoms with Crippen molar-refractivity contribution in [1.82, 2.24) is 10.6 Å². The highest BCUT2D eigenvalue weighted by Gasteiger charge is 2.02. The second kappa shape index (κ2) is 8.78. The van der Waals surface area contributed by atoms with Crippen molar-refractivity contribution in [3.05, 3.63) is 60.2 Å². The average molecular weight is 407 g/mol. The maximum atomic E-state index is 4.41. The van der Waals surface area contributed by atoms with E-state index in [2.05, 4.69) is 64.2 Å². The predicted molar refractivity (Wildman–Crippen MR) is 104 cm³/mol. The Morgan fingerprint density at radius 2 is 1.68 bits per heavy atom. The van der Waals surface area contributed by atoms with Crippen LogP contribution in [-0.2, 0) is 6.42 Å². The van der Waals surface area contributed by atoms with E-state index in [9.17, 15) is 0 Å². The molecule has 0 bridgehead atoms. The van der Waals surface area contributed by atoms with Gasteiger partial charge in [-0.3, -0.25) is 4.99 Å². The summed E-state index contributed by atoms with van der Waals surface area (Å²) in [6.45, 7) is 2.87. The van der Waals surface area contributed by atoms with E-state index < -0.39 is 0 Å². The molecule has 0 saturated carbocycles. The zero-order valence-corrected chi connectivity index (χ0v) is 14.9. The van der Waals surface area contributed by atoms with E-state index in [1.165, 1.54) is 16.7 Å². The standard InChI is InChI=1S/C18H21N3.HI/c1-2-5-16(6-3-1)17-9-7-15(8-10-17)11-14-21-18-19-12-4-13-20-18;/h1-3,5-10H,4,11-14H2,(H2,19,20,21);1H. The topological polar surface area (TPSA) is 36.4 Å². The van der Waals surface area contributed by atoms with Crippen molar-refractivity contribution in [2.75, 3.05) is 19.6 Å². The molecule has 0 spiro atoms. The fraction of sp³-hybridized carbons (Fsp3) is 0.278. The van der Waals surface area contributed by atoms with Gasteiger partial charge in [0.25, 0.3) is 0 Å². The minimum absolute atomic E-state index is 0. The smallest absolute Gasteiger partial charge is 0.191 e. The van der Waals surface area contributed by atoms with Crippen LogP contribution in [0.15, 0.2) is 59.6 Å². The maximum absolute atomic E-state index is 4.41. The van der Waals surface area contributed by atoms with Crippen LogP contribution in [0.3, 0.4) is 0 Å². The van der Waals surface area contributed by atoms with E-state index in [0.717, 1.165) is 38.4 Å². The van der Waals surface area contributed by atoms with Crippen molar-refractivity contribution in [3.63, 3.8) is 0 Å². The molecule has 0 saturated heterocycles. The van der Waals surface area contributed by atoms with Crippen molar-refractivity contribution < 1.29 is 0 Å². The number of hydrogen-bond acceptors (Lipinski definition) is 3. The number of guanidine groups is 1. The van der Waals surface area contributed by atoms with E-state index in [4.69, 9.17) is 0 Å². The normalized spacial score (nSPS) is 13.5. The highest BCUT2D eigenvalue weighted by atomic mass is 127. The van der Waals surface area contributed by atoms with Crippen LogP contribution in [0.2, 0.25) is 0 Å². The third kappa shape index (κ3) is 4.73. The van der Waals surface area contributed by atoms with Gasteiger partial charge in [0.1, 0.15) is 0 Å². The predicted octanol–water partition coefficient (Wildman–Crippen LogP) is 3.45. The first-order valence-electron chi connectivity index (χ1n) is 7.58. The molecule has 1 aliphatic rings. The summed E-state index contributed by atoms with van der Waals surface area (Å²) < 4.78 is 0. The maximum Gasteiger partial charge on any atom is 0.191 e. The molecule has 0 atom stereocenters. The van der Waals surface area contributed by atoms with Gasteiger partial charge in [-0.2, -0.15) is 0 Å². The van der Waals surface area contributed by atoms with E-state index in [-0.39, 0.29) is 24.0 Å². The summed E-state index contributed by atoms with van der Waals surface area (Å²) in [5, 5.41) is 6.63. The van der Waals surface area contributed by atoms with E-state index in [1.54, 1.807) is 0 Å². The highest BCUT2D eigenvalue weighted by molar-refractivity contribution is 14.0. The zero-order valence-electron chi connectivity index (χ0n) is 12.6. The van der Waals surface area contributed by atoms with Crippen molar-refractivity contribution in [1.29, 1.82) is 0 Å². The first kappa shape index (κ1) is 16.8. The molecule has 3 rings (SSSR count). The number of halogens is 1. The number of nitrogens with zero attached hydrogens (tertiary/aromatic N) is 1. The number of nitrogens with one attached hydrogen (secondary N) is 2. The second-order valence-corrected chi connectivity index (χ2v) is 5.25. The molecule has 2 aromatic rings. The van der Waals surface area contributed by atoms with Crippen LogP contribution in [0, 0.1) is 0 Å². The van der Waals surface area contributed by atoms with Crippen molar-refractivity contribution in [3.8, 4) is 11.1 Å². The molecule has 0 aliphatic carbocycles. The first-order chi connectivity index (χ1) is 10.4. The minimum Gasteiger partial charge on any atom is -0.356 e. The average Bonchev–Trinajstić information content (AvgIpc) is 2.57. The van der Waals surface area contributed by atoms with Gasteiger partial charge in [-0.25, -0.2) is 0 Å². The largest absolute Gasteiger partial charge is 0.356 e. The Morgan fingerprint density at radius 3 is 2.36 bits per heavy atom. The SMILES string of the molecule is I.c1ccc(-c2ccc(CCNC3=NCCCN3)cc2)cc1. The fourth-order valence-electron chi connectivity index (χ4n) is 2.47. The van der Waals surface area contributed by atoms with E-state index in [0.29, 0.717) is 0 Å². The Balaban J connectivity index is 0.00000176. The van der Waals surface area contributed by atoms with Gasteiger partial charge >= 0.3 is 0 Å². The fourth-order valence-corrected chi connectivity index (χ4v) is 2.47. The lowest BCUT2D eigenvalue weighted by Gasteiger charge is -2.15. The molecule has 22 heavy (non-hydrogen) atoms. The Labute approximate surface area is 149 Å². The van der Waals surface area contributed by atoms with Crippen molar-refractivity contribution in [2.45, 2.75) is 12.8 Å². The van der Waals surface area contributed by atoms with Gasteiger partial charge in [0.15, 0.2) is 5.96 Å². The van der Waals surface area contributed by atoms with Gasteiger partial charge in [-0.1, -0.05) is 54.6 Å². The molecule has 0 amide bonds. The van der Waals surface area contributed by atoms with Gasteiger partial charge in [0.2, 0.25) is 0 Å². The molecule has 0 aromatic heterocycles. The zero-order chi connectivity index (χ0) is 14.3. The van der Waals surface area contributed by atoms with Crippen LogP contribution in [-0.4, -0.2) is 25.6 Å². The molecule has 116 valence electrons. The lowest BCUT2D eigenvalue weighted by Crippen LogP contribution is -2.41. The van der Waals surface area contributed by atoms with Gasteiger partial charge in [-0.05, 0) is 29.5 Å². The van der Waals surface area contributed by atoms with Crippen LogP contribution in [0.4, 0.5) is 0 Å². The van der Waals surface area contributed by atoms with Crippen molar-refractivity contribution in [2.24, 2.45) is 4.99 Å². The molecule has 4 heteroatoms. The molecule has 2 aromatic carbocycles. The summed E-state index contributed by atoms with van der Waals surface area (Å²) in [6, 6.07) is 19.3. The lowest BCUT2D eigenvalue weighted by molar-refractivity contribution is 0.700. The molecule has 0 unspecified atom stereocenters. The first-order valence-corrected chi connectivity index (χ1v) is 7.58. The van der Waals surface area contributed by atoms with Crippen LogP contribution in [0.1, 0.15) is 12.0 Å². The number of hydrogen-bond donors (Lipinski definition) is 2. The van der Waals surface area contributed by atoms with Gasteiger partial charge in [0, 0.05) is 19.6 Å². The molecular weight excluding hydrogens is 385 g/mol. The van der Waals surface area contributed by atoms with Gasteiger partial charge in [0.05, 0.1) is 0 Å². The summed E-state index contributed by atoms with van der Waals surface area (Å²) in [7, 11) is 0. The lowest BCUT2D eigenvalue weighted by atomic mass is 10.0. The van der Waals surface area contributed by atoms with Crippen LogP contribution in [0.25, 0.3) is 11.1 Å². The van der Waals surface area contributed by atoms with Gasteiger partial charge < -0.3 is 10.6 Å². The van der Waals surface area contributed by atoms with E-state index in [1.807, 2.05) is 6.07 Å². The minimum atomic E-state index is 0. The molecule has 0 fully saturated rings. The third-order valence-corrected chi connectivity index (χ3v) is 3.66. The Bertz CT molecular complexity index is 593. The number of benzene rings is 2. The summed E-state index contributed by atoms with van der Waals surface area (Å²) in [4.78, 5) is 4.41. The van der Waals surface area contributed by atoms with Gasteiger partial charge in [-0.15, -0.1) is 24.0 Å². The molecular formula is C18H22IN3. The number of rotatable bonds is 4.